The molecule has 0 spiro atoms. The Morgan fingerprint density at radius 3 is 2.58 bits per heavy atom. The van der Waals surface area contributed by atoms with E-state index in [1.807, 2.05) is 0 Å². The Hall–Kier alpha value is -2.02. The molecular weight excluding hydrogens is 330 g/mol. The smallest absolute Gasteiger partial charge is 0.326 e. The molecule has 7 heteroatoms. The third-order valence-corrected chi connectivity index (χ3v) is 5.20. The van der Waals surface area contributed by atoms with Crippen molar-refractivity contribution in [3.8, 4) is 5.75 Å². The molecule has 24 heavy (non-hydrogen) atoms. The first-order valence-corrected chi connectivity index (χ1v) is 8.77. The van der Waals surface area contributed by atoms with Crippen molar-refractivity contribution in [3.63, 3.8) is 0 Å². The van der Waals surface area contributed by atoms with Crippen molar-refractivity contribution in [1.82, 2.24) is 4.90 Å². The second kappa shape index (κ2) is 8.19. The highest BCUT2D eigenvalue weighted by molar-refractivity contribution is 8.14. The number of ether oxygens (including phenoxy) is 1. The summed E-state index contributed by atoms with van der Waals surface area (Å²) < 4.78 is 5.05. The third kappa shape index (κ3) is 4.29. The highest BCUT2D eigenvalue weighted by Crippen LogP contribution is 2.23. The summed E-state index contributed by atoms with van der Waals surface area (Å²) in [5, 5.41) is 9.04. The molecule has 1 aliphatic rings. The lowest BCUT2D eigenvalue weighted by atomic mass is 10.1. The molecule has 1 amide bonds. The number of carboxylic acids is 1. The summed E-state index contributed by atoms with van der Waals surface area (Å²) in [4.78, 5) is 37.2. The zero-order valence-corrected chi connectivity index (χ0v) is 14.5. The van der Waals surface area contributed by atoms with E-state index < -0.39 is 17.9 Å². The van der Waals surface area contributed by atoms with Gasteiger partial charge in [0.15, 0.2) is 0 Å². The molecule has 2 unspecified atom stereocenters. The van der Waals surface area contributed by atoms with E-state index >= 15 is 0 Å². The second-order valence-electron chi connectivity index (χ2n) is 5.76. The van der Waals surface area contributed by atoms with Gasteiger partial charge in [0.25, 0.3) is 0 Å². The molecule has 130 valence electrons. The first-order chi connectivity index (χ1) is 11.4. The van der Waals surface area contributed by atoms with E-state index in [1.54, 1.807) is 38.3 Å². The molecule has 0 aromatic heterocycles. The molecule has 1 aliphatic heterocycles. The Bertz CT molecular complexity index is 616. The Morgan fingerprint density at radius 1 is 1.33 bits per heavy atom. The fourth-order valence-corrected chi connectivity index (χ4v) is 3.50. The molecule has 2 atom stereocenters. The van der Waals surface area contributed by atoms with Gasteiger partial charge in [-0.1, -0.05) is 18.7 Å². The van der Waals surface area contributed by atoms with Crippen molar-refractivity contribution < 1.29 is 24.2 Å². The van der Waals surface area contributed by atoms with Gasteiger partial charge in [0.05, 0.1) is 7.11 Å². The highest BCUT2D eigenvalue weighted by atomic mass is 32.2. The molecule has 0 saturated carbocycles. The molecule has 0 radical (unpaired) electrons. The average molecular weight is 351 g/mol. The number of thioether (sulfide) groups is 1. The number of aliphatic carboxylic acids is 1. The van der Waals surface area contributed by atoms with Gasteiger partial charge in [-0.2, -0.15) is 0 Å². The minimum Gasteiger partial charge on any atom is -0.497 e. The van der Waals surface area contributed by atoms with Crippen molar-refractivity contribution in [2.75, 3.05) is 19.4 Å². The minimum absolute atomic E-state index is 0.117. The average Bonchev–Trinajstić information content (AvgIpc) is 3.08. The molecule has 0 bridgehead atoms. The number of rotatable bonds is 6. The lowest BCUT2D eigenvalue weighted by molar-refractivity contribution is -0.149. The van der Waals surface area contributed by atoms with Crippen LogP contribution in [0.4, 0.5) is 0 Å². The number of carbonyl (C=O) groups excluding carboxylic acids is 2. The summed E-state index contributed by atoms with van der Waals surface area (Å²) >= 11 is 1.07. The largest absolute Gasteiger partial charge is 0.497 e. The highest BCUT2D eigenvalue weighted by Gasteiger charge is 2.35. The van der Waals surface area contributed by atoms with Crippen LogP contribution in [0.15, 0.2) is 24.3 Å². The summed E-state index contributed by atoms with van der Waals surface area (Å²) in [6.45, 7) is 2.20. The zero-order chi connectivity index (χ0) is 17.7. The van der Waals surface area contributed by atoms with Crippen LogP contribution in [0.25, 0.3) is 0 Å². The van der Waals surface area contributed by atoms with Crippen molar-refractivity contribution in [1.29, 1.82) is 0 Å². The normalized spacial score (nSPS) is 18.2. The summed E-state index contributed by atoms with van der Waals surface area (Å²) in [7, 11) is 1.56. The van der Waals surface area contributed by atoms with Gasteiger partial charge < -0.3 is 14.7 Å². The standard InChI is InChI=1S/C17H21NO5S/c1-11(15(19)18-9-3-4-14(18)16(20)21)10-24-17(22)12-5-7-13(23-2)8-6-12/h5-8,11,14H,3-4,9-10H2,1-2H3,(H,20,21). The molecular formula is C17H21NO5S. The predicted molar refractivity (Wildman–Crippen MR) is 91.3 cm³/mol. The summed E-state index contributed by atoms with van der Waals surface area (Å²) in [6, 6.07) is 6.05. The van der Waals surface area contributed by atoms with E-state index in [2.05, 4.69) is 0 Å². The maximum atomic E-state index is 12.4. The lowest BCUT2D eigenvalue weighted by Crippen LogP contribution is -2.43. The van der Waals surface area contributed by atoms with Crippen molar-refractivity contribution >= 4 is 28.8 Å². The number of amides is 1. The van der Waals surface area contributed by atoms with Crippen LogP contribution >= 0.6 is 11.8 Å². The Balaban J connectivity index is 1.89. The number of hydrogen-bond donors (Lipinski definition) is 1. The number of benzene rings is 1. The van der Waals surface area contributed by atoms with Crippen LogP contribution in [0.3, 0.4) is 0 Å². The second-order valence-corrected chi connectivity index (χ2v) is 6.75. The summed E-state index contributed by atoms with van der Waals surface area (Å²) in [6.07, 6.45) is 1.19. The van der Waals surface area contributed by atoms with E-state index in [0.717, 1.165) is 11.8 Å². The SMILES string of the molecule is COc1ccc(C(=O)SCC(C)C(=O)N2CCCC2C(=O)O)cc1. The molecule has 1 N–H and O–H groups in total. The molecule has 1 fully saturated rings. The topological polar surface area (TPSA) is 83.9 Å². The van der Waals surface area contributed by atoms with Gasteiger partial charge in [-0.3, -0.25) is 9.59 Å². The Morgan fingerprint density at radius 2 is 2.00 bits per heavy atom. The monoisotopic (exact) mass is 351 g/mol. The summed E-state index contributed by atoms with van der Waals surface area (Å²) in [5.74, 6) is -0.567. The molecule has 2 rings (SSSR count). The molecule has 1 heterocycles. The zero-order valence-electron chi connectivity index (χ0n) is 13.7. The van der Waals surface area contributed by atoms with Gasteiger partial charge in [-0.05, 0) is 37.1 Å². The van der Waals surface area contributed by atoms with Gasteiger partial charge in [0, 0.05) is 23.8 Å². The van der Waals surface area contributed by atoms with Gasteiger partial charge in [0.1, 0.15) is 11.8 Å². The number of nitrogens with zero attached hydrogens (tertiary/aromatic N) is 1. The number of carboxylic acid groups (broad SMARTS) is 1. The number of hydrogen-bond acceptors (Lipinski definition) is 5. The maximum absolute atomic E-state index is 12.4. The van der Waals surface area contributed by atoms with Crippen LogP contribution in [0.1, 0.15) is 30.1 Å². The van der Waals surface area contributed by atoms with Gasteiger partial charge in [0.2, 0.25) is 11.0 Å². The van der Waals surface area contributed by atoms with Crippen LogP contribution in [0.2, 0.25) is 0 Å². The molecule has 0 aliphatic carbocycles. The van der Waals surface area contributed by atoms with Crippen LogP contribution in [-0.2, 0) is 9.59 Å². The van der Waals surface area contributed by atoms with Crippen LogP contribution in [-0.4, -0.2) is 52.4 Å². The Kier molecular flexibility index (Phi) is 6.25. The van der Waals surface area contributed by atoms with Crippen molar-refractivity contribution in [2.24, 2.45) is 5.92 Å². The molecule has 6 nitrogen and oxygen atoms in total. The van der Waals surface area contributed by atoms with E-state index in [0.29, 0.717) is 36.5 Å². The van der Waals surface area contributed by atoms with E-state index in [4.69, 9.17) is 9.84 Å². The summed E-state index contributed by atoms with van der Waals surface area (Å²) in [5.41, 5.74) is 0.546. The number of carbonyl (C=O) groups is 3. The molecule has 1 saturated heterocycles. The van der Waals surface area contributed by atoms with E-state index in [1.165, 1.54) is 4.90 Å². The van der Waals surface area contributed by atoms with Crippen molar-refractivity contribution in [3.05, 3.63) is 29.8 Å². The van der Waals surface area contributed by atoms with Gasteiger partial charge in [-0.15, -0.1) is 0 Å². The first-order valence-electron chi connectivity index (χ1n) is 7.78. The third-order valence-electron chi connectivity index (χ3n) is 4.03. The van der Waals surface area contributed by atoms with Crippen LogP contribution in [0, 0.1) is 5.92 Å². The molecule has 1 aromatic rings. The van der Waals surface area contributed by atoms with Crippen LogP contribution < -0.4 is 4.74 Å². The quantitative estimate of drug-likeness (QED) is 0.846. The lowest BCUT2D eigenvalue weighted by Gasteiger charge is -2.24. The van der Waals surface area contributed by atoms with Crippen molar-refractivity contribution in [2.45, 2.75) is 25.8 Å². The fourth-order valence-electron chi connectivity index (χ4n) is 2.65. The van der Waals surface area contributed by atoms with Gasteiger partial charge >= 0.3 is 5.97 Å². The first kappa shape index (κ1) is 18.3. The van der Waals surface area contributed by atoms with Gasteiger partial charge in [-0.25, -0.2) is 4.79 Å². The number of methoxy groups -OCH3 is 1. The minimum atomic E-state index is -0.963. The number of likely N-dealkylation sites (tertiary alicyclic amines) is 1. The fraction of sp³-hybridized carbons (Fsp3) is 0.471. The molecule has 1 aromatic carbocycles. The van der Waals surface area contributed by atoms with E-state index in [-0.39, 0.29) is 11.0 Å². The van der Waals surface area contributed by atoms with E-state index in [9.17, 15) is 14.4 Å². The Labute approximate surface area is 145 Å². The maximum Gasteiger partial charge on any atom is 0.326 e. The predicted octanol–water partition coefficient (Wildman–Crippen LogP) is 2.28. The van der Waals surface area contributed by atoms with Crippen LogP contribution in [0.5, 0.6) is 5.75 Å².